The van der Waals surface area contributed by atoms with E-state index in [0.29, 0.717) is 8.95 Å². The fourth-order valence-corrected chi connectivity index (χ4v) is 2.54. The Morgan fingerprint density at radius 3 is 1.88 bits per heavy atom. The van der Waals surface area contributed by atoms with Crippen molar-refractivity contribution in [3.8, 4) is 11.5 Å². The number of phenols is 2. The van der Waals surface area contributed by atoms with E-state index in [0.717, 1.165) is 11.4 Å². The zero-order valence-corrected chi connectivity index (χ0v) is 11.8. The molecule has 0 spiro atoms. The van der Waals surface area contributed by atoms with Gasteiger partial charge in [-0.2, -0.15) is 0 Å². The van der Waals surface area contributed by atoms with E-state index in [1.54, 1.807) is 36.4 Å². The molecule has 2 aromatic carbocycles. The van der Waals surface area contributed by atoms with Crippen LogP contribution in [0, 0.1) is 0 Å². The van der Waals surface area contributed by atoms with E-state index in [1.807, 2.05) is 0 Å². The van der Waals surface area contributed by atoms with Crippen molar-refractivity contribution in [1.29, 1.82) is 0 Å². The van der Waals surface area contributed by atoms with E-state index in [1.165, 1.54) is 0 Å². The Bertz CT molecular complexity index is 518. The Labute approximate surface area is 115 Å². The van der Waals surface area contributed by atoms with Crippen LogP contribution in [0.5, 0.6) is 11.5 Å². The maximum absolute atomic E-state index is 9.58. The standard InChI is InChI=1S/C12H9Br2NO2/c13-10-5-8(6-11(14)12(10)17)15-7-1-3-9(16)4-2-7/h1-6,15-17H. The first-order valence-electron chi connectivity index (χ1n) is 4.80. The lowest BCUT2D eigenvalue weighted by Gasteiger charge is -2.09. The molecule has 0 saturated heterocycles. The van der Waals surface area contributed by atoms with Crippen LogP contribution in [0.1, 0.15) is 0 Å². The number of rotatable bonds is 2. The van der Waals surface area contributed by atoms with Gasteiger partial charge in [0.05, 0.1) is 8.95 Å². The third-order valence-electron chi connectivity index (χ3n) is 2.17. The van der Waals surface area contributed by atoms with Crippen molar-refractivity contribution in [1.82, 2.24) is 0 Å². The molecule has 0 amide bonds. The molecule has 5 heteroatoms. The summed E-state index contributed by atoms with van der Waals surface area (Å²) in [5, 5.41) is 21.9. The SMILES string of the molecule is Oc1ccc(Nc2cc(Br)c(O)c(Br)c2)cc1. The highest BCUT2D eigenvalue weighted by molar-refractivity contribution is 9.11. The monoisotopic (exact) mass is 357 g/mol. The number of halogens is 2. The van der Waals surface area contributed by atoms with Crippen LogP contribution < -0.4 is 5.32 Å². The van der Waals surface area contributed by atoms with Crippen LogP contribution in [0.4, 0.5) is 11.4 Å². The molecule has 17 heavy (non-hydrogen) atoms. The van der Waals surface area contributed by atoms with E-state index >= 15 is 0 Å². The van der Waals surface area contributed by atoms with Crippen LogP contribution in [-0.2, 0) is 0 Å². The number of benzene rings is 2. The van der Waals surface area contributed by atoms with Crippen molar-refractivity contribution in [2.75, 3.05) is 5.32 Å². The molecular formula is C12H9Br2NO2. The molecule has 0 aliphatic heterocycles. The van der Waals surface area contributed by atoms with E-state index in [4.69, 9.17) is 0 Å². The van der Waals surface area contributed by atoms with E-state index < -0.39 is 0 Å². The van der Waals surface area contributed by atoms with Gasteiger partial charge in [0.2, 0.25) is 0 Å². The second-order valence-corrected chi connectivity index (χ2v) is 5.17. The van der Waals surface area contributed by atoms with Crippen LogP contribution >= 0.6 is 31.9 Å². The summed E-state index contributed by atoms with van der Waals surface area (Å²) >= 11 is 6.52. The van der Waals surface area contributed by atoms with Crippen LogP contribution in [0.25, 0.3) is 0 Å². The van der Waals surface area contributed by atoms with Crippen molar-refractivity contribution < 1.29 is 10.2 Å². The number of hydrogen-bond acceptors (Lipinski definition) is 3. The first-order valence-corrected chi connectivity index (χ1v) is 6.39. The van der Waals surface area contributed by atoms with Crippen molar-refractivity contribution in [3.05, 3.63) is 45.3 Å². The van der Waals surface area contributed by atoms with Crippen LogP contribution in [-0.4, -0.2) is 10.2 Å². The van der Waals surface area contributed by atoms with Gasteiger partial charge in [-0.05, 0) is 68.3 Å². The molecule has 3 N–H and O–H groups in total. The minimum absolute atomic E-state index is 0.168. The van der Waals surface area contributed by atoms with Gasteiger partial charge >= 0.3 is 0 Å². The third-order valence-corrected chi connectivity index (χ3v) is 3.38. The fourth-order valence-electron chi connectivity index (χ4n) is 1.35. The first kappa shape index (κ1) is 12.3. The molecule has 0 aliphatic carbocycles. The average Bonchev–Trinajstić information content (AvgIpc) is 2.29. The highest BCUT2D eigenvalue weighted by Crippen LogP contribution is 2.36. The lowest BCUT2D eigenvalue weighted by molar-refractivity contribution is 0.468. The Balaban J connectivity index is 2.27. The smallest absolute Gasteiger partial charge is 0.144 e. The highest BCUT2D eigenvalue weighted by Gasteiger charge is 2.05. The summed E-state index contributed by atoms with van der Waals surface area (Å²) in [4.78, 5) is 0. The summed E-state index contributed by atoms with van der Waals surface area (Å²) in [6.45, 7) is 0. The molecule has 2 rings (SSSR count). The maximum Gasteiger partial charge on any atom is 0.144 e. The lowest BCUT2D eigenvalue weighted by atomic mass is 10.2. The van der Waals surface area contributed by atoms with Gasteiger partial charge < -0.3 is 15.5 Å². The number of aromatic hydroxyl groups is 2. The zero-order chi connectivity index (χ0) is 12.4. The summed E-state index contributed by atoms with van der Waals surface area (Å²) in [5.74, 6) is 0.393. The molecule has 0 aliphatic rings. The minimum Gasteiger partial charge on any atom is -0.508 e. The maximum atomic E-state index is 9.58. The van der Waals surface area contributed by atoms with Gasteiger partial charge in [0, 0.05) is 11.4 Å². The number of anilines is 2. The molecule has 0 heterocycles. The predicted octanol–water partition coefficient (Wildman–Crippen LogP) is 4.37. The van der Waals surface area contributed by atoms with Gasteiger partial charge in [0.25, 0.3) is 0 Å². The van der Waals surface area contributed by atoms with Crippen molar-refractivity contribution in [2.24, 2.45) is 0 Å². The average molecular weight is 359 g/mol. The quantitative estimate of drug-likeness (QED) is 0.699. The Morgan fingerprint density at radius 1 is 0.824 bits per heavy atom. The molecule has 2 aromatic rings. The van der Waals surface area contributed by atoms with Gasteiger partial charge in [0.15, 0.2) is 0 Å². The normalized spacial score (nSPS) is 10.2. The van der Waals surface area contributed by atoms with Gasteiger partial charge in [-0.1, -0.05) is 0 Å². The second-order valence-electron chi connectivity index (χ2n) is 3.46. The van der Waals surface area contributed by atoms with Gasteiger partial charge in [-0.25, -0.2) is 0 Å². The van der Waals surface area contributed by atoms with E-state index in [9.17, 15) is 10.2 Å². The predicted molar refractivity (Wildman–Crippen MR) is 74.9 cm³/mol. The van der Waals surface area contributed by atoms with Crippen LogP contribution in [0.3, 0.4) is 0 Å². The molecule has 0 atom stereocenters. The summed E-state index contributed by atoms with van der Waals surface area (Å²) in [5.41, 5.74) is 1.68. The number of hydrogen-bond donors (Lipinski definition) is 3. The molecule has 0 fully saturated rings. The number of nitrogens with one attached hydrogen (secondary N) is 1. The molecule has 88 valence electrons. The third kappa shape index (κ3) is 2.92. The van der Waals surface area contributed by atoms with Crippen molar-refractivity contribution >= 4 is 43.2 Å². The molecule has 0 saturated carbocycles. The van der Waals surface area contributed by atoms with Gasteiger partial charge in [-0.3, -0.25) is 0 Å². The van der Waals surface area contributed by atoms with Gasteiger partial charge in [-0.15, -0.1) is 0 Å². The lowest BCUT2D eigenvalue weighted by Crippen LogP contribution is -1.90. The highest BCUT2D eigenvalue weighted by atomic mass is 79.9. The largest absolute Gasteiger partial charge is 0.508 e. The van der Waals surface area contributed by atoms with Crippen LogP contribution in [0.15, 0.2) is 45.3 Å². The Kier molecular flexibility index (Phi) is 3.59. The van der Waals surface area contributed by atoms with Crippen LogP contribution in [0.2, 0.25) is 0 Å². The minimum atomic E-state index is 0.168. The molecule has 0 bridgehead atoms. The van der Waals surface area contributed by atoms with Crippen molar-refractivity contribution in [3.63, 3.8) is 0 Å². The molecule has 0 unspecified atom stereocenters. The van der Waals surface area contributed by atoms with Gasteiger partial charge in [0.1, 0.15) is 11.5 Å². The van der Waals surface area contributed by atoms with Crippen molar-refractivity contribution in [2.45, 2.75) is 0 Å². The second kappa shape index (κ2) is 4.98. The van der Waals surface area contributed by atoms with E-state index in [2.05, 4.69) is 37.2 Å². The molecule has 3 nitrogen and oxygen atoms in total. The number of phenolic OH excluding ortho intramolecular Hbond substituents is 2. The topological polar surface area (TPSA) is 52.5 Å². The molecule has 0 aromatic heterocycles. The Morgan fingerprint density at radius 2 is 1.35 bits per heavy atom. The molecular weight excluding hydrogens is 350 g/mol. The summed E-state index contributed by atoms with van der Waals surface area (Å²) < 4.78 is 1.21. The summed E-state index contributed by atoms with van der Waals surface area (Å²) in [6.07, 6.45) is 0. The summed E-state index contributed by atoms with van der Waals surface area (Å²) in [6, 6.07) is 10.3. The Hall–Kier alpha value is -1.20. The zero-order valence-electron chi connectivity index (χ0n) is 8.61. The molecule has 0 radical (unpaired) electrons. The van der Waals surface area contributed by atoms with E-state index in [-0.39, 0.29) is 11.5 Å². The first-order chi connectivity index (χ1) is 8.06. The fraction of sp³-hybridized carbons (Fsp3) is 0. The summed E-state index contributed by atoms with van der Waals surface area (Å²) in [7, 11) is 0.